The van der Waals surface area contributed by atoms with E-state index in [4.69, 9.17) is 4.74 Å². The average Bonchev–Trinajstić information content (AvgIpc) is 3.05. The lowest BCUT2D eigenvalue weighted by atomic mass is 10.0. The molecule has 0 radical (unpaired) electrons. The molecule has 3 aromatic rings. The van der Waals surface area contributed by atoms with Crippen LogP contribution in [-0.2, 0) is 4.74 Å². The highest BCUT2D eigenvalue weighted by Gasteiger charge is 2.13. The quantitative estimate of drug-likeness (QED) is 0.687. The van der Waals surface area contributed by atoms with Crippen molar-refractivity contribution in [2.24, 2.45) is 0 Å². The molecule has 0 spiro atoms. The summed E-state index contributed by atoms with van der Waals surface area (Å²) >= 11 is 1.33. The third kappa shape index (κ3) is 2.56. The zero-order valence-corrected chi connectivity index (χ0v) is 13.0. The number of fused-ring (bicyclic) bond motifs is 1. The number of esters is 1. The van der Waals surface area contributed by atoms with Crippen LogP contribution in [-0.4, -0.2) is 22.5 Å². The van der Waals surface area contributed by atoms with Crippen molar-refractivity contribution in [3.63, 3.8) is 0 Å². The molecule has 108 valence electrons. The smallest absolute Gasteiger partial charge is 0.349 e. The second-order valence-corrected chi connectivity index (χ2v) is 6.19. The predicted octanol–water partition coefficient (Wildman–Crippen LogP) is 3.97. The monoisotopic (exact) mass is 300 g/mol. The molecule has 4 nitrogen and oxygen atoms in total. The number of carbonyl (C=O) groups excluding carboxylic acids is 1. The first kappa shape index (κ1) is 13.8. The van der Waals surface area contributed by atoms with Crippen molar-refractivity contribution in [2.75, 3.05) is 7.11 Å². The summed E-state index contributed by atoms with van der Waals surface area (Å²) in [6.45, 7) is 4.35. The fraction of sp³-hybridized carbons (Fsp3) is 0.250. The minimum Gasteiger partial charge on any atom is -0.465 e. The predicted molar refractivity (Wildman–Crippen MR) is 83.9 cm³/mol. The van der Waals surface area contributed by atoms with Crippen LogP contribution in [0.1, 0.15) is 35.0 Å². The van der Waals surface area contributed by atoms with Crippen molar-refractivity contribution in [1.29, 1.82) is 0 Å². The van der Waals surface area contributed by atoms with Gasteiger partial charge >= 0.3 is 5.97 Å². The van der Waals surface area contributed by atoms with Crippen molar-refractivity contribution < 1.29 is 9.53 Å². The second-order valence-electron chi connectivity index (χ2n) is 5.18. The molecule has 3 rings (SSSR count). The molecule has 0 amide bonds. The van der Waals surface area contributed by atoms with E-state index in [0.717, 1.165) is 16.2 Å². The maximum absolute atomic E-state index is 11.5. The molecule has 0 N–H and O–H groups in total. The second kappa shape index (κ2) is 5.33. The normalized spacial score (nSPS) is 11.2. The third-order valence-electron chi connectivity index (χ3n) is 3.42. The van der Waals surface area contributed by atoms with Gasteiger partial charge in [0.1, 0.15) is 4.88 Å². The number of carbonyl (C=O) groups is 1. The van der Waals surface area contributed by atoms with Gasteiger partial charge in [-0.15, -0.1) is 0 Å². The Morgan fingerprint density at radius 3 is 2.52 bits per heavy atom. The lowest BCUT2D eigenvalue weighted by Crippen LogP contribution is -1.97. The minimum atomic E-state index is -0.326. The molecule has 0 saturated heterocycles. The molecule has 21 heavy (non-hydrogen) atoms. The molecular weight excluding hydrogens is 284 g/mol. The van der Waals surface area contributed by atoms with Crippen LogP contribution in [0, 0.1) is 0 Å². The van der Waals surface area contributed by atoms with Crippen molar-refractivity contribution in [3.05, 3.63) is 47.1 Å². The Kier molecular flexibility index (Phi) is 3.51. The van der Waals surface area contributed by atoms with Crippen LogP contribution in [0.3, 0.4) is 0 Å². The van der Waals surface area contributed by atoms with Gasteiger partial charge in [-0.25, -0.2) is 9.78 Å². The standard InChI is InChI=1S/C16H16N2O2S/c1-10(2)11-4-6-12(7-5-11)13-8-18-9-14(15(19)20-3)21-16(18)17-13/h4-10H,1-3H3. The van der Waals surface area contributed by atoms with E-state index >= 15 is 0 Å². The van der Waals surface area contributed by atoms with Crippen LogP contribution in [0.15, 0.2) is 36.7 Å². The Bertz CT molecular complexity index is 753. The molecule has 0 aliphatic carbocycles. The number of rotatable bonds is 3. The fourth-order valence-electron chi connectivity index (χ4n) is 2.17. The van der Waals surface area contributed by atoms with Gasteiger partial charge in [-0.1, -0.05) is 49.4 Å². The molecule has 0 atom stereocenters. The van der Waals surface area contributed by atoms with Crippen LogP contribution in [0.4, 0.5) is 0 Å². The summed E-state index contributed by atoms with van der Waals surface area (Å²) in [4.78, 5) is 17.4. The van der Waals surface area contributed by atoms with E-state index in [1.165, 1.54) is 24.0 Å². The van der Waals surface area contributed by atoms with E-state index in [-0.39, 0.29) is 5.97 Å². The van der Waals surface area contributed by atoms with Crippen LogP contribution in [0.5, 0.6) is 0 Å². The van der Waals surface area contributed by atoms with Crippen molar-refractivity contribution >= 4 is 22.3 Å². The van der Waals surface area contributed by atoms with Gasteiger partial charge in [-0.3, -0.25) is 4.40 Å². The third-order valence-corrected chi connectivity index (χ3v) is 4.39. The van der Waals surface area contributed by atoms with Gasteiger partial charge < -0.3 is 4.74 Å². The van der Waals surface area contributed by atoms with Crippen LogP contribution in [0.25, 0.3) is 16.2 Å². The molecule has 5 heteroatoms. The maximum Gasteiger partial charge on any atom is 0.349 e. The van der Waals surface area contributed by atoms with E-state index in [2.05, 4.69) is 43.1 Å². The first-order valence-electron chi connectivity index (χ1n) is 6.75. The summed E-state index contributed by atoms with van der Waals surface area (Å²) in [5.41, 5.74) is 3.30. The lowest BCUT2D eigenvalue weighted by Gasteiger charge is -2.05. The molecule has 0 unspecified atom stereocenters. The Labute approximate surface area is 127 Å². The van der Waals surface area contributed by atoms with E-state index in [0.29, 0.717) is 10.8 Å². The lowest BCUT2D eigenvalue weighted by molar-refractivity contribution is 0.0606. The van der Waals surface area contributed by atoms with Crippen molar-refractivity contribution in [2.45, 2.75) is 19.8 Å². The van der Waals surface area contributed by atoms with Gasteiger partial charge in [0.15, 0.2) is 4.96 Å². The van der Waals surface area contributed by atoms with E-state index in [1.807, 2.05) is 10.6 Å². The molecule has 2 aromatic heterocycles. The SMILES string of the molecule is COC(=O)c1cn2cc(-c3ccc(C(C)C)cc3)nc2s1. The van der Waals surface area contributed by atoms with Gasteiger partial charge in [0.2, 0.25) is 0 Å². The fourth-order valence-corrected chi connectivity index (χ4v) is 3.05. The number of benzene rings is 1. The Balaban J connectivity index is 1.94. The summed E-state index contributed by atoms with van der Waals surface area (Å²) in [5, 5.41) is 0. The highest BCUT2D eigenvalue weighted by atomic mass is 32.1. The molecule has 0 aliphatic heterocycles. The van der Waals surface area contributed by atoms with Gasteiger partial charge in [-0.2, -0.15) is 0 Å². The Hall–Kier alpha value is -2.14. The summed E-state index contributed by atoms with van der Waals surface area (Å²) in [7, 11) is 1.38. The first-order valence-corrected chi connectivity index (χ1v) is 7.57. The van der Waals surface area contributed by atoms with Gasteiger partial charge in [0.25, 0.3) is 0 Å². The van der Waals surface area contributed by atoms with Crippen LogP contribution < -0.4 is 0 Å². The van der Waals surface area contributed by atoms with Gasteiger partial charge in [0.05, 0.1) is 12.8 Å². The van der Waals surface area contributed by atoms with Crippen LogP contribution >= 0.6 is 11.3 Å². The zero-order chi connectivity index (χ0) is 15.0. The number of ether oxygens (including phenoxy) is 1. The number of hydrogen-bond donors (Lipinski definition) is 0. The molecule has 0 aliphatic rings. The number of imidazole rings is 1. The number of aromatic nitrogens is 2. The maximum atomic E-state index is 11.5. The van der Waals surface area contributed by atoms with E-state index in [9.17, 15) is 4.79 Å². The topological polar surface area (TPSA) is 43.6 Å². The number of methoxy groups -OCH3 is 1. The largest absolute Gasteiger partial charge is 0.465 e. The molecule has 0 saturated carbocycles. The number of nitrogens with zero attached hydrogens (tertiary/aromatic N) is 2. The summed E-state index contributed by atoms with van der Waals surface area (Å²) in [6, 6.07) is 8.44. The minimum absolute atomic E-state index is 0.326. The van der Waals surface area contributed by atoms with Crippen molar-refractivity contribution in [3.8, 4) is 11.3 Å². The Morgan fingerprint density at radius 1 is 1.24 bits per heavy atom. The number of hydrogen-bond acceptors (Lipinski definition) is 4. The van der Waals surface area contributed by atoms with Gasteiger partial charge in [-0.05, 0) is 11.5 Å². The van der Waals surface area contributed by atoms with Crippen molar-refractivity contribution in [1.82, 2.24) is 9.38 Å². The van der Waals surface area contributed by atoms with E-state index in [1.54, 1.807) is 6.20 Å². The highest BCUT2D eigenvalue weighted by Crippen LogP contribution is 2.25. The van der Waals surface area contributed by atoms with Gasteiger partial charge in [0, 0.05) is 18.0 Å². The molecule has 0 bridgehead atoms. The summed E-state index contributed by atoms with van der Waals surface area (Å²) in [5.74, 6) is 0.195. The number of thiazole rings is 1. The van der Waals surface area contributed by atoms with E-state index < -0.39 is 0 Å². The average molecular weight is 300 g/mol. The highest BCUT2D eigenvalue weighted by molar-refractivity contribution is 7.18. The first-order chi connectivity index (χ1) is 10.1. The molecule has 0 fully saturated rings. The van der Waals surface area contributed by atoms with Crippen LogP contribution in [0.2, 0.25) is 0 Å². The summed E-state index contributed by atoms with van der Waals surface area (Å²) < 4.78 is 6.58. The molecule has 1 aromatic carbocycles. The molecule has 2 heterocycles. The molecular formula is C16H16N2O2S. The zero-order valence-electron chi connectivity index (χ0n) is 12.2. The summed E-state index contributed by atoms with van der Waals surface area (Å²) in [6.07, 6.45) is 3.69. The Morgan fingerprint density at radius 2 is 1.95 bits per heavy atom.